The summed E-state index contributed by atoms with van der Waals surface area (Å²) < 4.78 is 27.3. The molecule has 158 valence electrons. The van der Waals surface area contributed by atoms with Crippen LogP contribution >= 0.6 is 11.3 Å². The Balaban J connectivity index is 1.45. The predicted octanol–water partition coefficient (Wildman–Crippen LogP) is 3.22. The summed E-state index contributed by atoms with van der Waals surface area (Å²) in [6, 6.07) is 10.5. The van der Waals surface area contributed by atoms with Gasteiger partial charge in [0.15, 0.2) is 0 Å². The van der Waals surface area contributed by atoms with Gasteiger partial charge in [-0.2, -0.15) is 0 Å². The van der Waals surface area contributed by atoms with E-state index in [2.05, 4.69) is 21.9 Å². The number of thiophene rings is 1. The maximum Gasteiger partial charge on any atom is 0.251 e. The Morgan fingerprint density at radius 3 is 2.69 bits per heavy atom. The summed E-state index contributed by atoms with van der Waals surface area (Å²) in [5, 5.41) is 4.83. The van der Waals surface area contributed by atoms with Crippen LogP contribution in [0.5, 0.6) is 0 Å². The van der Waals surface area contributed by atoms with Crippen LogP contribution in [-0.2, 0) is 16.6 Å². The second-order valence-corrected chi connectivity index (χ2v) is 10.2. The average molecular weight is 436 g/mol. The minimum absolute atomic E-state index is 0.157. The fraction of sp³-hybridized carbons (Fsp3) is 0.476. The molecule has 1 aliphatic rings. The van der Waals surface area contributed by atoms with Crippen molar-refractivity contribution >= 4 is 27.3 Å². The van der Waals surface area contributed by atoms with Crippen molar-refractivity contribution in [1.82, 2.24) is 14.9 Å². The van der Waals surface area contributed by atoms with E-state index in [4.69, 9.17) is 0 Å². The number of nitrogens with one attached hydrogen (secondary N) is 2. The molecule has 1 aromatic heterocycles. The molecule has 1 aromatic carbocycles. The first-order valence-corrected chi connectivity index (χ1v) is 12.5. The molecule has 0 bridgehead atoms. The molecule has 2 aromatic rings. The Labute approximate surface area is 177 Å². The summed E-state index contributed by atoms with van der Waals surface area (Å²) in [6.45, 7) is 5.28. The minimum atomic E-state index is -3.60. The van der Waals surface area contributed by atoms with Crippen molar-refractivity contribution in [2.45, 2.75) is 50.1 Å². The van der Waals surface area contributed by atoms with Crippen LogP contribution in [-0.4, -0.2) is 44.9 Å². The van der Waals surface area contributed by atoms with Crippen molar-refractivity contribution in [2.75, 3.05) is 19.6 Å². The van der Waals surface area contributed by atoms with Crippen molar-refractivity contribution in [3.63, 3.8) is 0 Å². The van der Waals surface area contributed by atoms with Crippen molar-refractivity contribution in [1.29, 1.82) is 0 Å². The normalized spacial score (nSPS) is 17.9. The fourth-order valence-corrected chi connectivity index (χ4v) is 5.27. The Bertz CT molecular complexity index is 880. The van der Waals surface area contributed by atoms with Crippen LogP contribution in [0.3, 0.4) is 0 Å². The third-order valence-corrected chi connectivity index (χ3v) is 7.59. The second kappa shape index (κ2) is 10.3. The Morgan fingerprint density at radius 1 is 1.21 bits per heavy atom. The third-order valence-electron chi connectivity index (χ3n) is 5.29. The molecule has 0 spiro atoms. The van der Waals surface area contributed by atoms with Crippen LogP contribution in [0, 0.1) is 0 Å². The molecule has 29 heavy (non-hydrogen) atoms. The number of hydrogen-bond acceptors (Lipinski definition) is 5. The lowest BCUT2D eigenvalue weighted by Gasteiger charge is -2.33. The predicted molar refractivity (Wildman–Crippen MR) is 117 cm³/mol. The molecule has 1 atom stereocenters. The van der Waals surface area contributed by atoms with E-state index in [-0.39, 0.29) is 17.3 Å². The maximum atomic E-state index is 12.4. The third kappa shape index (κ3) is 6.37. The molecule has 1 aliphatic heterocycles. The minimum Gasteiger partial charge on any atom is -0.352 e. The molecule has 1 unspecified atom stereocenters. The number of likely N-dealkylation sites (tertiary alicyclic amines) is 1. The largest absolute Gasteiger partial charge is 0.352 e. The lowest BCUT2D eigenvalue weighted by atomic mass is 10.0. The van der Waals surface area contributed by atoms with E-state index in [0.29, 0.717) is 18.2 Å². The van der Waals surface area contributed by atoms with E-state index in [0.717, 1.165) is 24.4 Å². The molecule has 2 heterocycles. The Hall–Kier alpha value is -1.74. The van der Waals surface area contributed by atoms with Gasteiger partial charge in [-0.3, -0.25) is 4.79 Å². The van der Waals surface area contributed by atoms with Crippen molar-refractivity contribution in [3.8, 4) is 0 Å². The van der Waals surface area contributed by atoms with E-state index in [1.54, 1.807) is 12.1 Å². The van der Waals surface area contributed by atoms with Gasteiger partial charge in [-0.15, -0.1) is 11.3 Å². The molecule has 2 N–H and O–H groups in total. The fourth-order valence-electron chi connectivity index (χ4n) is 3.52. The van der Waals surface area contributed by atoms with Gasteiger partial charge in [-0.05, 0) is 68.4 Å². The summed E-state index contributed by atoms with van der Waals surface area (Å²) >= 11 is 1.50. The highest BCUT2D eigenvalue weighted by atomic mass is 32.2. The Kier molecular flexibility index (Phi) is 7.83. The average Bonchev–Trinajstić information content (AvgIpc) is 3.25. The highest BCUT2D eigenvalue weighted by molar-refractivity contribution is 7.89. The summed E-state index contributed by atoms with van der Waals surface area (Å²) in [4.78, 5) is 15.9. The smallest absolute Gasteiger partial charge is 0.251 e. The number of carbonyl (C=O) groups excluding carboxylic acids is 1. The molecular formula is C21H29N3O3S2. The number of nitrogens with zero attached hydrogens (tertiary/aromatic N) is 1. The number of hydrogen-bond donors (Lipinski definition) is 2. The standard InChI is InChI=1S/C21H29N3O3S2/c1-17-6-2-3-13-24(17)14-5-12-22-21(25)18-8-10-20(11-9-18)29(26,27)23-16-19-7-4-15-28-19/h4,7-11,15,17,23H,2-3,5-6,12-14,16H2,1H3,(H,22,25). The SMILES string of the molecule is CC1CCCCN1CCCNC(=O)c1ccc(S(=O)(=O)NCc2cccs2)cc1. The lowest BCUT2D eigenvalue weighted by Crippen LogP contribution is -2.39. The number of rotatable bonds is 9. The van der Waals surface area contributed by atoms with Gasteiger partial charge in [0.25, 0.3) is 5.91 Å². The summed E-state index contributed by atoms with van der Waals surface area (Å²) in [7, 11) is -3.60. The number of piperidine rings is 1. The highest BCUT2D eigenvalue weighted by Crippen LogP contribution is 2.16. The summed E-state index contributed by atoms with van der Waals surface area (Å²) in [5.74, 6) is -0.174. The summed E-state index contributed by atoms with van der Waals surface area (Å²) in [6.07, 6.45) is 4.73. The Morgan fingerprint density at radius 2 is 2.00 bits per heavy atom. The zero-order chi connectivity index (χ0) is 20.7. The first-order chi connectivity index (χ1) is 14.0. The molecular weight excluding hydrogens is 406 g/mol. The van der Waals surface area contributed by atoms with Crippen LogP contribution in [0.1, 0.15) is 47.8 Å². The number of carbonyl (C=O) groups is 1. The first-order valence-electron chi connectivity index (χ1n) is 10.1. The molecule has 1 saturated heterocycles. The van der Waals surface area contributed by atoms with Gasteiger partial charge in [0, 0.05) is 36.1 Å². The first kappa shape index (κ1) is 22.0. The van der Waals surface area contributed by atoms with Gasteiger partial charge in [0.2, 0.25) is 10.0 Å². The molecule has 0 saturated carbocycles. The van der Waals surface area contributed by atoms with Gasteiger partial charge in [-0.25, -0.2) is 13.1 Å². The molecule has 1 amide bonds. The lowest BCUT2D eigenvalue weighted by molar-refractivity contribution is 0.0948. The van der Waals surface area contributed by atoms with Gasteiger partial charge in [0.05, 0.1) is 4.90 Å². The van der Waals surface area contributed by atoms with Crippen LogP contribution in [0.2, 0.25) is 0 Å². The number of amides is 1. The van der Waals surface area contributed by atoms with E-state index >= 15 is 0 Å². The second-order valence-electron chi connectivity index (χ2n) is 7.42. The van der Waals surface area contributed by atoms with E-state index in [9.17, 15) is 13.2 Å². The van der Waals surface area contributed by atoms with Crippen LogP contribution in [0.15, 0.2) is 46.7 Å². The molecule has 0 radical (unpaired) electrons. The van der Waals surface area contributed by atoms with Crippen molar-refractivity contribution in [3.05, 3.63) is 52.2 Å². The van der Waals surface area contributed by atoms with Gasteiger partial charge < -0.3 is 10.2 Å². The van der Waals surface area contributed by atoms with Crippen molar-refractivity contribution < 1.29 is 13.2 Å². The topological polar surface area (TPSA) is 78.5 Å². The number of benzene rings is 1. The van der Waals surface area contributed by atoms with Gasteiger partial charge in [0.1, 0.15) is 0 Å². The monoisotopic (exact) mass is 435 g/mol. The molecule has 1 fully saturated rings. The maximum absolute atomic E-state index is 12.4. The molecule has 3 rings (SSSR count). The zero-order valence-electron chi connectivity index (χ0n) is 16.8. The molecule has 0 aliphatic carbocycles. The number of sulfonamides is 1. The van der Waals surface area contributed by atoms with E-state index in [1.165, 1.54) is 42.7 Å². The highest BCUT2D eigenvalue weighted by Gasteiger charge is 2.18. The summed E-state index contributed by atoms with van der Waals surface area (Å²) in [5.41, 5.74) is 0.466. The van der Waals surface area contributed by atoms with Gasteiger partial charge >= 0.3 is 0 Å². The van der Waals surface area contributed by atoms with Crippen molar-refractivity contribution in [2.24, 2.45) is 0 Å². The van der Waals surface area contributed by atoms with Gasteiger partial charge in [-0.1, -0.05) is 12.5 Å². The quantitative estimate of drug-likeness (QED) is 0.593. The zero-order valence-corrected chi connectivity index (χ0v) is 18.4. The van der Waals surface area contributed by atoms with E-state index in [1.807, 2.05) is 17.5 Å². The van der Waals surface area contributed by atoms with E-state index < -0.39 is 10.0 Å². The molecule has 6 nitrogen and oxygen atoms in total. The van der Waals surface area contributed by atoms with Crippen LogP contribution in [0.4, 0.5) is 0 Å². The van der Waals surface area contributed by atoms with Crippen LogP contribution in [0.25, 0.3) is 0 Å². The molecule has 8 heteroatoms. The van der Waals surface area contributed by atoms with Crippen LogP contribution < -0.4 is 10.0 Å².